The summed E-state index contributed by atoms with van der Waals surface area (Å²) < 4.78 is 1.97. The molecule has 25 heavy (non-hydrogen) atoms. The molecule has 1 aliphatic rings. The normalized spacial score (nSPS) is 16.1. The number of hydrogen-bond acceptors (Lipinski definition) is 5. The Balaban J connectivity index is 1.50. The molecule has 7 heteroatoms. The fraction of sp³-hybridized carbons (Fsp3) is 0.222. The molecule has 126 valence electrons. The van der Waals surface area contributed by atoms with Gasteiger partial charge in [0, 0.05) is 37.1 Å². The average Bonchev–Trinajstić information content (AvgIpc) is 3.07. The standard InChI is InChI=1S/C18H18N6O/c25-17(22-13-5-2-1-3-6-13)15-11-21-16-8-7-14(12-24(15)16)23-18-19-9-4-10-20-18/h1-6,9-11,14H,7-8,12H2,(H,22,25)(H,19,20,23). The lowest BCUT2D eigenvalue weighted by molar-refractivity contribution is 0.101. The van der Waals surface area contributed by atoms with Gasteiger partial charge in [0.05, 0.1) is 6.20 Å². The molecule has 0 saturated carbocycles. The molecule has 2 aromatic heterocycles. The predicted octanol–water partition coefficient (Wildman–Crippen LogP) is 2.35. The summed E-state index contributed by atoms with van der Waals surface area (Å²) in [4.78, 5) is 25.4. The number of fused-ring (bicyclic) bond motifs is 1. The molecule has 0 radical (unpaired) electrons. The zero-order valence-electron chi connectivity index (χ0n) is 13.6. The van der Waals surface area contributed by atoms with E-state index in [0.717, 1.165) is 24.4 Å². The van der Waals surface area contributed by atoms with E-state index in [-0.39, 0.29) is 11.9 Å². The number of nitrogens with one attached hydrogen (secondary N) is 2. The Bertz CT molecular complexity index is 862. The Morgan fingerprint density at radius 1 is 1.08 bits per heavy atom. The van der Waals surface area contributed by atoms with Crippen LogP contribution in [0.4, 0.5) is 11.6 Å². The number of para-hydroxylation sites is 1. The molecule has 4 rings (SSSR count). The molecule has 0 aliphatic carbocycles. The Morgan fingerprint density at radius 3 is 2.68 bits per heavy atom. The summed E-state index contributed by atoms with van der Waals surface area (Å²) in [6.07, 6.45) is 6.80. The summed E-state index contributed by atoms with van der Waals surface area (Å²) in [6, 6.07) is 11.4. The number of amides is 1. The lowest BCUT2D eigenvalue weighted by atomic mass is 10.1. The number of carbonyl (C=O) groups excluding carboxylic acids is 1. The third-order valence-corrected chi connectivity index (χ3v) is 4.22. The van der Waals surface area contributed by atoms with E-state index in [1.807, 2.05) is 34.9 Å². The molecule has 0 saturated heterocycles. The van der Waals surface area contributed by atoms with Gasteiger partial charge in [-0.3, -0.25) is 4.79 Å². The van der Waals surface area contributed by atoms with Crippen LogP contribution in [0.15, 0.2) is 55.0 Å². The largest absolute Gasteiger partial charge is 0.350 e. The first-order valence-electron chi connectivity index (χ1n) is 8.24. The first-order valence-corrected chi connectivity index (χ1v) is 8.24. The van der Waals surface area contributed by atoms with Crippen molar-refractivity contribution in [2.75, 3.05) is 10.6 Å². The number of anilines is 2. The van der Waals surface area contributed by atoms with Gasteiger partial charge in [-0.1, -0.05) is 18.2 Å². The van der Waals surface area contributed by atoms with E-state index < -0.39 is 0 Å². The van der Waals surface area contributed by atoms with Crippen LogP contribution >= 0.6 is 0 Å². The smallest absolute Gasteiger partial charge is 0.273 e. The minimum Gasteiger partial charge on any atom is -0.350 e. The van der Waals surface area contributed by atoms with Crippen molar-refractivity contribution in [1.29, 1.82) is 0 Å². The van der Waals surface area contributed by atoms with Crippen LogP contribution in [0.5, 0.6) is 0 Å². The molecule has 1 unspecified atom stereocenters. The van der Waals surface area contributed by atoms with Gasteiger partial charge in [0.15, 0.2) is 0 Å². The number of rotatable bonds is 4. The van der Waals surface area contributed by atoms with E-state index in [1.54, 1.807) is 24.7 Å². The molecule has 0 spiro atoms. The van der Waals surface area contributed by atoms with Gasteiger partial charge in [-0.2, -0.15) is 0 Å². The summed E-state index contributed by atoms with van der Waals surface area (Å²) in [7, 11) is 0. The third-order valence-electron chi connectivity index (χ3n) is 4.22. The quantitative estimate of drug-likeness (QED) is 0.765. The Hall–Kier alpha value is -3.22. The van der Waals surface area contributed by atoms with Crippen molar-refractivity contribution < 1.29 is 4.79 Å². The summed E-state index contributed by atoms with van der Waals surface area (Å²) in [5, 5.41) is 6.24. The zero-order chi connectivity index (χ0) is 17.1. The average molecular weight is 334 g/mol. The van der Waals surface area contributed by atoms with Crippen LogP contribution in [-0.4, -0.2) is 31.5 Å². The molecular weight excluding hydrogens is 316 g/mol. The van der Waals surface area contributed by atoms with Crippen molar-refractivity contribution in [3.8, 4) is 0 Å². The first-order chi connectivity index (χ1) is 12.3. The fourth-order valence-electron chi connectivity index (χ4n) is 3.00. The van der Waals surface area contributed by atoms with Gasteiger partial charge in [0.1, 0.15) is 11.5 Å². The summed E-state index contributed by atoms with van der Waals surface area (Å²) in [5.74, 6) is 1.39. The summed E-state index contributed by atoms with van der Waals surface area (Å²) >= 11 is 0. The van der Waals surface area contributed by atoms with E-state index in [0.29, 0.717) is 18.2 Å². The molecule has 0 bridgehead atoms. The summed E-state index contributed by atoms with van der Waals surface area (Å²) in [6.45, 7) is 0.658. The third kappa shape index (κ3) is 3.35. The number of aryl methyl sites for hydroxylation is 1. The minimum atomic E-state index is -0.151. The Labute approximate surface area is 145 Å². The molecule has 1 aromatic carbocycles. The lowest BCUT2D eigenvalue weighted by Crippen LogP contribution is -2.34. The van der Waals surface area contributed by atoms with E-state index in [2.05, 4.69) is 25.6 Å². The van der Waals surface area contributed by atoms with Crippen LogP contribution in [0.2, 0.25) is 0 Å². The van der Waals surface area contributed by atoms with Gasteiger partial charge in [-0.25, -0.2) is 15.0 Å². The first kappa shape index (κ1) is 15.3. The van der Waals surface area contributed by atoms with Crippen molar-refractivity contribution in [3.63, 3.8) is 0 Å². The molecule has 0 fully saturated rings. The van der Waals surface area contributed by atoms with Gasteiger partial charge in [0.2, 0.25) is 5.95 Å². The molecule has 7 nitrogen and oxygen atoms in total. The zero-order valence-corrected chi connectivity index (χ0v) is 13.6. The highest BCUT2D eigenvalue weighted by molar-refractivity contribution is 6.03. The van der Waals surface area contributed by atoms with Crippen LogP contribution in [0.25, 0.3) is 0 Å². The van der Waals surface area contributed by atoms with Crippen LogP contribution in [0.1, 0.15) is 22.7 Å². The highest BCUT2D eigenvalue weighted by Crippen LogP contribution is 2.19. The highest BCUT2D eigenvalue weighted by Gasteiger charge is 2.24. The topological polar surface area (TPSA) is 84.7 Å². The van der Waals surface area contributed by atoms with Crippen molar-refractivity contribution in [1.82, 2.24) is 19.5 Å². The van der Waals surface area contributed by atoms with Gasteiger partial charge in [0.25, 0.3) is 5.91 Å². The second kappa shape index (κ2) is 6.72. The number of hydrogen-bond donors (Lipinski definition) is 2. The van der Waals surface area contributed by atoms with E-state index in [1.165, 1.54) is 0 Å². The van der Waals surface area contributed by atoms with Crippen LogP contribution in [0.3, 0.4) is 0 Å². The van der Waals surface area contributed by atoms with Gasteiger partial charge in [-0.05, 0) is 24.6 Å². The van der Waals surface area contributed by atoms with E-state index in [9.17, 15) is 4.79 Å². The molecular formula is C18H18N6O. The second-order valence-electron chi connectivity index (χ2n) is 5.94. The molecule has 3 aromatic rings. The van der Waals surface area contributed by atoms with Crippen molar-refractivity contribution in [2.24, 2.45) is 0 Å². The maximum atomic E-state index is 12.6. The van der Waals surface area contributed by atoms with Crippen LogP contribution in [0, 0.1) is 0 Å². The van der Waals surface area contributed by atoms with Crippen LogP contribution in [-0.2, 0) is 13.0 Å². The molecule has 1 amide bonds. The number of nitrogens with zero attached hydrogens (tertiary/aromatic N) is 4. The van der Waals surface area contributed by atoms with E-state index >= 15 is 0 Å². The highest BCUT2D eigenvalue weighted by atomic mass is 16.2. The second-order valence-corrected chi connectivity index (χ2v) is 5.94. The lowest BCUT2D eigenvalue weighted by Gasteiger charge is -2.25. The maximum absolute atomic E-state index is 12.6. The minimum absolute atomic E-state index is 0.151. The molecule has 2 N–H and O–H groups in total. The van der Waals surface area contributed by atoms with E-state index in [4.69, 9.17) is 0 Å². The van der Waals surface area contributed by atoms with Crippen molar-refractivity contribution in [2.45, 2.75) is 25.4 Å². The van der Waals surface area contributed by atoms with Gasteiger partial charge in [-0.15, -0.1) is 0 Å². The van der Waals surface area contributed by atoms with Crippen molar-refractivity contribution >= 4 is 17.5 Å². The maximum Gasteiger partial charge on any atom is 0.273 e. The monoisotopic (exact) mass is 334 g/mol. The predicted molar refractivity (Wildman–Crippen MR) is 94.4 cm³/mol. The Morgan fingerprint density at radius 2 is 1.88 bits per heavy atom. The number of imidazole rings is 1. The fourth-order valence-corrected chi connectivity index (χ4v) is 3.00. The van der Waals surface area contributed by atoms with Crippen molar-refractivity contribution in [3.05, 3.63) is 66.5 Å². The Kier molecular flexibility index (Phi) is 4.12. The molecule has 1 atom stereocenters. The van der Waals surface area contributed by atoms with Crippen LogP contribution < -0.4 is 10.6 Å². The summed E-state index contributed by atoms with van der Waals surface area (Å²) in [5.41, 5.74) is 1.34. The molecule has 1 aliphatic heterocycles. The number of aromatic nitrogens is 4. The number of carbonyl (C=O) groups is 1. The number of benzene rings is 1. The van der Waals surface area contributed by atoms with Gasteiger partial charge >= 0.3 is 0 Å². The van der Waals surface area contributed by atoms with Gasteiger partial charge < -0.3 is 15.2 Å². The molecule has 3 heterocycles. The SMILES string of the molecule is O=C(Nc1ccccc1)c1cnc2n1CC(Nc1ncccn1)CC2.